The molecule has 1 N–H and O–H groups in total. The zero-order valence-electron chi connectivity index (χ0n) is 10.3. The van der Waals surface area contributed by atoms with E-state index in [1.807, 2.05) is 18.2 Å². The first-order chi connectivity index (χ1) is 8.67. The van der Waals surface area contributed by atoms with E-state index >= 15 is 0 Å². The van der Waals surface area contributed by atoms with Crippen LogP contribution >= 0.6 is 0 Å². The van der Waals surface area contributed by atoms with Crippen LogP contribution in [0.25, 0.3) is 0 Å². The number of aliphatic carboxylic acids is 1. The summed E-state index contributed by atoms with van der Waals surface area (Å²) in [6, 6.07) is 5.50. The maximum atomic E-state index is 11.4. The molecule has 0 aromatic heterocycles. The highest BCUT2D eigenvalue weighted by Crippen LogP contribution is 2.54. The minimum absolute atomic E-state index is 0.227. The van der Waals surface area contributed by atoms with E-state index < -0.39 is 11.4 Å². The second-order valence-electron chi connectivity index (χ2n) is 5.04. The number of benzene rings is 1. The van der Waals surface area contributed by atoms with E-state index in [1.165, 1.54) is 0 Å². The number of carboxylic acid groups (broad SMARTS) is 1. The zero-order valence-corrected chi connectivity index (χ0v) is 10.3. The predicted molar refractivity (Wildman–Crippen MR) is 65.2 cm³/mol. The average Bonchev–Trinajstić information content (AvgIpc) is 3.23. The molecule has 2 aliphatic rings. The Kier molecular flexibility index (Phi) is 2.47. The molecule has 0 radical (unpaired) electrons. The van der Waals surface area contributed by atoms with Gasteiger partial charge >= 0.3 is 5.97 Å². The lowest BCUT2D eigenvalue weighted by Crippen LogP contribution is -2.21. The number of para-hydroxylation sites is 1. The van der Waals surface area contributed by atoms with Crippen molar-refractivity contribution >= 4 is 5.97 Å². The van der Waals surface area contributed by atoms with E-state index in [1.54, 1.807) is 7.11 Å². The van der Waals surface area contributed by atoms with Crippen molar-refractivity contribution in [2.75, 3.05) is 7.11 Å². The number of methoxy groups -OCH3 is 1. The first-order valence-corrected chi connectivity index (χ1v) is 6.25. The SMILES string of the molecule is COc1cccc(C2(C(=O)O)CC2)c1OC1CC1. The van der Waals surface area contributed by atoms with Crippen molar-refractivity contribution in [3.05, 3.63) is 23.8 Å². The molecule has 0 aliphatic heterocycles. The Balaban J connectivity index is 2.04. The van der Waals surface area contributed by atoms with Gasteiger partial charge in [0.1, 0.15) is 0 Å². The topological polar surface area (TPSA) is 55.8 Å². The fourth-order valence-corrected chi connectivity index (χ4v) is 2.25. The van der Waals surface area contributed by atoms with Crippen molar-refractivity contribution in [2.45, 2.75) is 37.2 Å². The lowest BCUT2D eigenvalue weighted by atomic mass is 9.95. The van der Waals surface area contributed by atoms with Gasteiger partial charge in [0.15, 0.2) is 11.5 Å². The third-order valence-electron chi connectivity index (χ3n) is 3.68. The van der Waals surface area contributed by atoms with Crippen molar-refractivity contribution in [2.24, 2.45) is 0 Å². The van der Waals surface area contributed by atoms with Crippen molar-refractivity contribution < 1.29 is 19.4 Å². The fourth-order valence-electron chi connectivity index (χ4n) is 2.25. The molecule has 0 saturated heterocycles. The molecule has 96 valence electrons. The monoisotopic (exact) mass is 248 g/mol. The van der Waals surface area contributed by atoms with Gasteiger partial charge in [-0.15, -0.1) is 0 Å². The highest BCUT2D eigenvalue weighted by molar-refractivity contribution is 5.86. The van der Waals surface area contributed by atoms with Crippen LogP contribution in [0.2, 0.25) is 0 Å². The molecule has 1 aromatic carbocycles. The number of carbonyl (C=O) groups is 1. The van der Waals surface area contributed by atoms with Crippen molar-refractivity contribution in [3.8, 4) is 11.5 Å². The zero-order chi connectivity index (χ0) is 12.8. The molecular formula is C14H16O4. The third kappa shape index (κ3) is 1.72. The Morgan fingerprint density at radius 2 is 2.11 bits per heavy atom. The normalized spacial score (nSPS) is 20.3. The summed E-state index contributed by atoms with van der Waals surface area (Å²) in [7, 11) is 1.58. The standard InChI is InChI=1S/C14H16O4/c1-17-11-4-2-3-10(12(11)18-9-5-6-9)14(7-8-14)13(15)16/h2-4,9H,5-8H2,1H3,(H,15,16). The third-order valence-corrected chi connectivity index (χ3v) is 3.68. The average molecular weight is 248 g/mol. The second kappa shape index (κ2) is 3.90. The van der Waals surface area contributed by atoms with Gasteiger partial charge in [-0.2, -0.15) is 0 Å². The number of carboxylic acids is 1. The molecule has 4 nitrogen and oxygen atoms in total. The van der Waals surface area contributed by atoms with E-state index in [0.717, 1.165) is 18.4 Å². The molecule has 1 aromatic rings. The highest BCUT2D eigenvalue weighted by Gasteiger charge is 2.54. The quantitative estimate of drug-likeness (QED) is 0.869. The Bertz CT molecular complexity index is 487. The second-order valence-corrected chi connectivity index (χ2v) is 5.04. The van der Waals surface area contributed by atoms with Gasteiger partial charge in [-0.05, 0) is 31.7 Å². The van der Waals surface area contributed by atoms with Crippen LogP contribution in [0.15, 0.2) is 18.2 Å². The summed E-state index contributed by atoms with van der Waals surface area (Å²) in [6.07, 6.45) is 3.66. The summed E-state index contributed by atoms with van der Waals surface area (Å²) in [5.74, 6) is 0.491. The van der Waals surface area contributed by atoms with Crippen molar-refractivity contribution in [1.82, 2.24) is 0 Å². The Labute approximate surface area is 106 Å². The summed E-state index contributed by atoms with van der Waals surface area (Å²) in [6.45, 7) is 0. The van der Waals surface area contributed by atoms with Crippen LogP contribution in [0.4, 0.5) is 0 Å². The Morgan fingerprint density at radius 3 is 2.61 bits per heavy atom. The van der Waals surface area contributed by atoms with E-state index in [-0.39, 0.29) is 6.10 Å². The van der Waals surface area contributed by atoms with Crippen molar-refractivity contribution in [3.63, 3.8) is 0 Å². The van der Waals surface area contributed by atoms with Gasteiger partial charge in [0, 0.05) is 5.56 Å². The molecule has 0 amide bonds. The summed E-state index contributed by atoms with van der Waals surface area (Å²) < 4.78 is 11.2. The van der Waals surface area contributed by atoms with Crippen LogP contribution in [0.3, 0.4) is 0 Å². The van der Waals surface area contributed by atoms with Crippen LogP contribution in [-0.4, -0.2) is 24.3 Å². The minimum Gasteiger partial charge on any atom is -0.493 e. The number of hydrogen-bond acceptors (Lipinski definition) is 3. The Hall–Kier alpha value is -1.71. The van der Waals surface area contributed by atoms with Crippen LogP contribution in [0, 0.1) is 0 Å². The molecule has 0 bridgehead atoms. The lowest BCUT2D eigenvalue weighted by Gasteiger charge is -2.18. The maximum absolute atomic E-state index is 11.4. The van der Waals surface area contributed by atoms with Crippen LogP contribution in [0.5, 0.6) is 11.5 Å². The predicted octanol–water partition coefficient (Wildman–Crippen LogP) is 2.35. The van der Waals surface area contributed by atoms with Crippen LogP contribution in [0.1, 0.15) is 31.2 Å². The molecule has 0 unspecified atom stereocenters. The molecule has 18 heavy (non-hydrogen) atoms. The number of ether oxygens (including phenoxy) is 2. The maximum Gasteiger partial charge on any atom is 0.314 e. The molecule has 0 heterocycles. The molecular weight excluding hydrogens is 232 g/mol. The van der Waals surface area contributed by atoms with E-state index in [0.29, 0.717) is 24.3 Å². The first kappa shape index (κ1) is 11.4. The van der Waals surface area contributed by atoms with Crippen LogP contribution < -0.4 is 9.47 Å². The van der Waals surface area contributed by atoms with E-state index in [9.17, 15) is 9.90 Å². The molecule has 0 atom stereocenters. The molecule has 2 fully saturated rings. The van der Waals surface area contributed by atoms with Gasteiger partial charge in [0.25, 0.3) is 0 Å². The first-order valence-electron chi connectivity index (χ1n) is 6.25. The van der Waals surface area contributed by atoms with Crippen molar-refractivity contribution in [1.29, 1.82) is 0 Å². The smallest absolute Gasteiger partial charge is 0.314 e. The summed E-state index contributed by atoms with van der Waals surface area (Å²) in [4.78, 5) is 11.4. The van der Waals surface area contributed by atoms with Gasteiger partial charge in [0.05, 0.1) is 18.6 Å². The largest absolute Gasteiger partial charge is 0.493 e. The van der Waals surface area contributed by atoms with Gasteiger partial charge in [-0.1, -0.05) is 12.1 Å². The van der Waals surface area contributed by atoms with Crippen LogP contribution in [-0.2, 0) is 10.2 Å². The number of hydrogen-bond donors (Lipinski definition) is 1. The molecule has 2 aliphatic carbocycles. The molecule has 0 spiro atoms. The molecule has 2 saturated carbocycles. The van der Waals surface area contributed by atoms with Gasteiger partial charge in [-0.25, -0.2) is 0 Å². The molecule has 3 rings (SSSR count). The van der Waals surface area contributed by atoms with Gasteiger partial charge in [0.2, 0.25) is 0 Å². The minimum atomic E-state index is -0.767. The van der Waals surface area contributed by atoms with Gasteiger partial charge < -0.3 is 14.6 Å². The van der Waals surface area contributed by atoms with E-state index in [2.05, 4.69) is 0 Å². The molecule has 4 heteroatoms. The summed E-state index contributed by atoms with van der Waals surface area (Å²) >= 11 is 0. The van der Waals surface area contributed by atoms with E-state index in [4.69, 9.17) is 9.47 Å². The summed E-state index contributed by atoms with van der Waals surface area (Å²) in [5.41, 5.74) is 0.0138. The Morgan fingerprint density at radius 1 is 1.39 bits per heavy atom. The summed E-state index contributed by atoms with van der Waals surface area (Å²) in [5, 5.41) is 9.40. The lowest BCUT2D eigenvalue weighted by molar-refractivity contribution is -0.140. The number of rotatable bonds is 5. The fraction of sp³-hybridized carbons (Fsp3) is 0.500. The van der Waals surface area contributed by atoms with Gasteiger partial charge in [-0.3, -0.25) is 4.79 Å². The highest BCUT2D eigenvalue weighted by atomic mass is 16.5.